The number of ketones is 1. The molecule has 0 unspecified atom stereocenters. The minimum absolute atomic E-state index is 0.0172. The van der Waals surface area contributed by atoms with Crippen LogP contribution in [0.4, 0.5) is 4.79 Å². The van der Waals surface area contributed by atoms with E-state index in [0.29, 0.717) is 32.5 Å². The van der Waals surface area contributed by atoms with Gasteiger partial charge in [-0.05, 0) is 33.6 Å². The molecule has 2 heterocycles. The standard InChI is InChI=1S/C17H26BNO4S/c1-17(2,3)23-16(21)19-7-5-11(6-8-19)14(20)15-13(18)9-12(24-15)10-22-4/h9,11H,5-8,10,18H2,1-4H3. The number of thiophene rings is 1. The minimum Gasteiger partial charge on any atom is -0.444 e. The number of Topliss-reactive ketones (excluding diaryl/α,β-unsaturated/α-hetero) is 1. The molecule has 0 spiro atoms. The van der Waals surface area contributed by atoms with Gasteiger partial charge in [0, 0.05) is 31.0 Å². The summed E-state index contributed by atoms with van der Waals surface area (Å²) in [7, 11) is 3.63. The van der Waals surface area contributed by atoms with E-state index in [2.05, 4.69) is 0 Å². The second-order valence-electron chi connectivity index (χ2n) is 7.26. The number of hydrogen-bond acceptors (Lipinski definition) is 5. The Morgan fingerprint density at radius 3 is 2.50 bits per heavy atom. The van der Waals surface area contributed by atoms with E-state index in [1.54, 1.807) is 12.0 Å². The first-order valence-electron chi connectivity index (χ1n) is 8.31. The Hall–Kier alpha value is -1.34. The number of methoxy groups -OCH3 is 1. The zero-order valence-corrected chi connectivity index (χ0v) is 16.0. The smallest absolute Gasteiger partial charge is 0.410 e. The molecule has 1 fully saturated rings. The Bertz CT molecular complexity index is 600. The van der Waals surface area contributed by atoms with Crippen LogP contribution in [0.5, 0.6) is 0 Å². The van der Waals surface area contributed by atoms with Crippen molar-refractivity contribution < 1.29 is 19.1 Å². The van der Waals surface area contributed by atoms with Crippen molar-refractivity contribution in [2.75, 3.05) is 20.2 Å². The quantitative estimate of drug-likeness (QED) is 0.615. The summed E-state index contributed by atoms with van der Waals surface area (Å²) < 4.78 is 10.5. The van der Waals surface area contributed by atoms with Crippen LogP contribution in [-0.2, 0) is 16.1 Å². The number of carbonyl (C=O) groups excluding carboxylic acids is 2. The van der Waals surface area contributed by atoms with E-state index in [-0.39, 0.29) is 17.8 Å². The van der Waals surface area contributed by atoms with Crippen LogP contribution in [0.3, 0.4) is 0 Å². The van der Waals surface area contributed by atoms with Crippen LogP contribution in [0.2, 0.25) is 0 Å². The molecule has 1 aliphatic rings. The molecule has 1 aliphatic heterocycles. The Balaban J connectivity index is 1.94. The maximum atomic E-state index is 12.8. The zero-order valence-electron chi connectivity index (χ0n) is 15.2. The summed E-state index contributed by atoms with van der Waals surface area (Å²) in [5.74, 6) is 0.181. The summed E-state index contributed by atoms with van der Waals surface area (Å²) in [6, 6.07) is 2.03. The summed E-state index contributed by atoms with van der Waals surface area (Å²) in [6.45, 7) is 7.26. The summed E-state index contributed by atoms with van der Waals surface area (Å²) >= 11 is 1.52. The minimum atomic E-state index is -0.490. The fourth-order valence-corrected chi connectivity index (χ4v) is 4.00. The fourth-order valence-electron chi connectivity index (χ4n) is 2.84. The molecule has 7 heteroatoms. The molecular formula is C17H26BNO4S. The topological polar surface area (TPSA) is 55.8 Å². The van der Waals surface area contributed by atoms with Crippen LogP contribution in [0.25, 0.3) is 0 Å². The van der Waals surface area contributed by atoms with E-state index in [1.165, 1.54) is 11.3 Å². The number of piperidine rings is 1. The Kier molecular flexibility index (Phi) is 6.09. The lowest BCUT2D eigenvalue weighted by atomic mass is 9.87. The molecule has 0 atom stereocenters. The van der Waals surface area contributed by atoms with E-state index in [4.69, 9.17) is 9.47 Å². The highest BCUT2D eigenvalue weighted by Gasteiger charge is 2.31. The number of likely N-dealkylation sites (tertiary alicyclic amines) is 1. The number of nitrogens with zero attached hydrogens (tertiary/aromatic N) is 1. The highest BCUT2D eigenvalue weighted by Crippen LogP contribution is 2.26. The number of carbonyl (C=O) groups is 2. The van der Waals surface area contributed by atoms with Gasteiger partial charge in [0.25, 0.3) is 0 Å². The molecule has 0 bridgehead atoms. The average molecular weight is 351 g/mol. The average Bonchev–Trinajstić information content (AvgIpc) is 2.86. The van der Waals surface area contributed by atoms with Crippen molar-refractivity contribution in [1.82, 2.24) is 4.90 Å². The summed E-state index contributed by atoms with van der Waals surface area (Å²) in [6.07, 6.45) is 1.09. The largest absolute Gasteiger partial charge is 0.444 e. The van der Waals surface area contributed by atoms with Crippen LogP contribution < -0.4 is 5.46 Å². The highest BCUT2D eigenvalue weighted by molar-refractivity contribution is 7.15. The van der Waals surface area contributed by atoms with E-state index in [1.807, 2.05) is 34.7 Å². The Morgan fingerprint density at radius 2 is 1.96 bits per heavy atom. The third-order valence-electron chi connectivity index (χ3n) is 4.00. The normalized spacial score (nSPS) is 16.2. The predicted molar refractivity (Wildman–Crippen MR) is 98.1 cm³/mol. The molecule has 0 radical (unpaired) electrons. The molecule has 0 aliphatic carbocycles. The second-order valence-corrected chi connectivity index (χ2v) is 8.40. The van der Waals surface area contributed by atoms with Crippen LogP contribution >= 0.6 is 11.3 Å². The molecule has 5 nitrogen and oxygen atoms in total. The lowest BCUT2D eigenvalue weighted by molar-refractivity contribution is 0.0182. The summed E-state index contributed by atoms with van der Waals surface area (Å²) in [5, 5.41) is 0. The molecule has 0 N–H and O–H groups in total. The van der Waals surface area contributed by atoms with Crippen molar-refractivity contribution in [3.05, 3.63) is 15.8 Å². The van der Waals surface area contributed by atoms with Crippen LogP contribution in [0.1, 0.15) is 48.2 Å². The van der Waals surface area contributed by atoms with Crippen molar-refractivity contribution in [3.63, 3.8) is 0 Å². The number of amides is 1. The first-order chi connectivity index (χ1) is 11.2. The van der Waals surface area contributed by atoms with Gasteiger partial charge >= 0.3 is 6.09 Å². The van der Waals surface area contributed by atoms with E-state index in [0.717, 1.165) is 15.2 Å². The molecule has 1 aromatic heterocycles. The van der Waals surface area contributed by atoms with Crippen LogP contribution in [0.15, 0.2) is 6.07 Å². The van der Waals surface area contributed by atoms with Gasteiger partial charge in [0.1, 0.15) is 13.4 Å². The maximum Gasteiger partial charge on any atom is 0.410 e. The third-order valence-corrected chi connectivity index (χ3v) is 5.22. The van der Waals surface area contributed by atoms with E-state index in [9.17, 15) is 9.59 Å². The van der Waals surface area contributed by atoms with Crippen molar-refractivity contribution in [2.45, 2.75) is 45.8 Å². The summed E-state index contributed by atoms with van der Waals surface area (Å²) in [5.41, 5.74) is 0.530. The van der Waals surface area contributed by atoms with E-state index >= 15 is 0 Å². The molecule has 1 amide bonds. The van der Waals surface area contributed by atoms with Gasteiger partial charge in [0.05, 0.1) is 11.5 Å². The highest BCUT2D eigenvalue weighted by atomic mass is 32.1. The number of ether oxygens (including phenoxy) is 2. The molecule has 24 heavy (non-hydrogen) atoms. The Morgan fingerprint density at radius 1 is 1.33 bits per heavy atom. The van der Waals surface area contributed by atoms with E-state index < -0.39 is 5.60 Å². The Labute approximate surface area is 148 Å². The third kappa shape index (κ3) is 4.83. The first kappa shape index (κ1) is 19.0. The lowest BCUT2D eigenvalue weighted by Gasteiger charge is -2.32. The molecule has 2 rings (SSSR count). The lowest BCUT2D eigenvalue weighted by Crippen LogP contribution is -2.43. The van der Waals surface area contributed by atoms with Gasteiger partial charge in [-0.25, -0.2) is 4.79 Å². The van der Waals surface area contributed by atoms with Gasteiger partial charge in [0.2, 0.25) is 0 Å². The predicted octanol–water partition coefficient (Wildman–Crippen LogP) is 1.98. The van der Waals surface area contributed by atoms with Crippen molar-refractivity contribution in [2.24, 2.45) is 5.92 Å². The fraction of sp³-hybridized carbons (Fsp3) is 0.647. The first-order valence-corrected chi connectivity index (χ1v) is 9.13. The van der Waals surface area contributed by atoms with Gasteiger partial charge in [-0.1, -0.05) is 11.5 Å². The maximum absolute atomic E-state index is 12.8. The van der Waals surface area contributed by atoms with Gasteiger partial charge in [-0.3, -0.25) is 4.79 Å². The van der Waals surface area contributed by atoms with Crippen LogP contribution in [-0.4, -0.2) is 50.4 Å². The summed E-state index contributed by atoms with van der Waals surface area (Å²) in [4.78, 5) is 28.5. The van der Waals surface area contributed by atoms with Gasteiger partial charge < -0.3 is 14.4 Å². The molecule has 0 aromatic carbocycles. The van der Waals surface area contributed by atoms with Crippen molar-refractivity contribution in [1.29, 1.82) is 0 Å². The second kappa shape index (κ2) is 7.70. The molecule has 1 saturated heterocycles. The zero-order chi connectivity index (χ0) is 17.9. The van der Waals surface area contributed by atoms with Gasteiger partial charge in [-0.2, -0.15) is 0 Å². The number of hydrogen-bond donors (Lipinski definition) is 0. The van der Waals surface area contributed by atoms with Gasteiger partial charge in [-0.15, -0.1) is 11.3 Å². The van der Waals surface area contributed by atoms with Crippen LogP contribution in [0, 0.1) is 5.92 Å². The molecule has 0 saturated carbocycles. The molecule has 1 aromatic rings. The van der Waals surface area contributed by atoms with Crippen molar-refractivity contribution >= 4 is 36.5 Å². The number of rotatable bonds is 4. The monoisotopic (exact) mass is 351 g/mol. The SMILES string of the molecule is Bc1cc(COC)sc1C(=O)C1CCN(C(=O)OC(C)(C)C)CC1. The van der Waals surface area contributed by atoms with Gasteiger partial charge in [0.15, 0.2) is 5.78 Å². The van der Waals surface area contributed by atoms with Crippen molar-refractivity contribution in [3.8, 4) is 0 Å². The molecular weight excluding hydrogens is 325 g/mol. The molecule has 132 valence electrons.